The van der Waals surface area contributed by atoms with Crippen molar-refractivity contribution in [1.29, 1.82) is 0 Å². The van der Waals surface area contributed by atoms with Crippen molar-refractivity contribution in [3.63, 3.8) is 0 Å². The number of aromatic hydroxyl groups is 1. The molecule has 1 aliphatic rings. The Labute approximate surface area is 105 Å². The van der Waals surface area contributed by atoms with E-state index in [-0.39, 0.29) is 0 Å². The van der Waals surface area contributed by atoms with Gasteiger partial charge >= 0.3 is 0 Å². The summed E-state index contributed by atoms with van der Waals surface area (Å²) < 4.78 is 0. The van der Waals surface area contributed by atoms with Crippen molar-refractivity contribution in [2.24, 2.45) is 5.92 Å². The van der Waals surface area contributed by atoms with Crippen LogP contribution in [-0.4, -0.2) is 11.7 Å². The summed E-state index contributed by atoms with van der Waals surface area (Å²) in [7, 11) is 0. The van der Waals surface area contributed by atoms with Crippen molar-refractivity contribution in [3.05, 3.63) is 23.8 Å². The maximum atomic E-state index is 9.36. The molecule has 2 nitrogen and oxygen atoms in total. The van der Waals surface area contributed by atoms with Gasteiger partial charge in [0.1, 0.15) is 5.75 Å². The quantitative estimate of drug-likeness (QED) is 0.706. The van der Waals surface area contributed by atoms with Crippen molar-refractivity contribution in [2.45, 2.75) is 46.5 Å². The Morgan fingerprint density at radius 1 is 1.29 bits per heavy atom. The second-order valence-corrected chi connectivity index (χ2v) is 4.91. The molecule has 0 saturated heterocycles. The largest absolute Gasteiger partial charge is 0.508 e. The molecule has 2 rings (SSSR count). The highest BCUT2D eigenvalue weighted by Gasteiger charge is 2.10. The lowest BCUT2D eigenvalue weighted by molar-refractivity contribution is 0.473. The van der Waals surface area contributed by atoms with Gasteiger partial charge in [0, 0.05) is 18.3 Å². The van der Waals surface area contributed by atoms with Gasteiger partial charge in [0.15, 0.2) is 0 Å². The summed E-state index contributed by atoms with van der Waals surface area (Å²) in [5, 5.41) is 12.7. The molecule has 0 aliphatic carbocycles. The van der Waals surface area contributed by atoms with Gasteiger partial charge in [-0.25, -0.2) is 0 Å². The molecule has 2 N–H and O–H groups in total. The van der Waals surface area contributed by atoms with E-state index in [2.05, 4.69) is 26.1 Å². The average Bonchev–Trinajstić information content (AvgIpc) is 2.26. The van der Waals surface area contributed by atoms with Gasteiger partial charge in [-0.2, -0.15) is 0 Å². The number of anilines is 1. The molecule has 1 atom stereocenters. The Morgan fingerprint density at radius 3 is 2.71 bits per heavy atom. The predicted molar refractivity (Wildman–Crippen MR) is 74.7 cm³/mol. The summed E-state index contributed by atoms with van der Waals surface area (Å²) in [5.41, 5.74) is 2.44. The van der Waals surface area contributed by atoms with Crippen LogP contribution < -0.4 is 5.32 Å². The van der Waals surface area contributed by atoms with Crippen LogP contribution in [0.4, 0.5) is 5.69 Å². The lowest BCUT2D eigenvalue weighted by atomic mass is 9.95. The van der Waals surface area contributed by atoms with E-state index in [0.29, 0.717) is 5.75 Å². The van der Waals surface area contributed by atoms with E-state index in [4.69, 9.17) is 0 Å². The van der Waals surface area contributed by atoms with E-state index in [1.165, 1.54) is 24.8 Å². The van der Waals surface area contributed by atoms with Crippen LogP contribution >= 0.6 is 0 Å². The molecule has 0 fully saturated rings. The van der Waals surface area contributed by atoms with Gasteiger partial charge in [-0.1, -0.05) is 33.3 Å². The molecule has 0 saturated carbocycles. The number of rotatable bonds is 0. The second-order valence-electron chi connectivity index (χ2n) is 4.91. The average molecular weight is 235 g/mol. The number of phenols is 1. The standard InChI is InChI=1S/C12H17NO.C3H8/c1-9-2-3-10-4-5-11(14)8-12(10)13-7-6-9;1-3-2/h4-5,8-9,13-14H,2-3,6-7H2,1H3;3H2,1-2H3. The maximum Gasteiger partial charge on any atom is 0.117 e. The van der Waals surface area contributed by atoms with Crippen molar-refractivity contribution in [2.75, 3.05) is 11.9 Å². The van der Waals surface area contributed by atoms with Crippen LogP contribution in [0.2, 0.25) is 0 Å². The lowest BCUT2D eigenvalue weighted by Gasteiger charge is -2.19. The van der Waals surface area contributed by atoms with Crippen LogP contribution in [0.1, 0.15) is 45.6 Å². The van der Waals surface area contributed by atoms with E-state index >= 15 is 0 Å². The molecule has 1 aliphatic heterocycles. The minimum atomic E-state index is 0.352. The summed E-state index contributed by atoms with van der Waals surface area (Å²) in [6.45, 7) is 7.56. The first-order valence-corrected chi connectivity index (χ1v) is 6.73. The zero-order valence-corrected chi connectivity index (χ0v) is 11.3. The zero-order valence-electron chi connectivity index (χ0n) is 11.3. The molecule has 0 spiro atoms. The van der Waals surface area contributed by atoms with Gasteiger partial charge in [0.05, 0.1) is 0 Å². The van der Waals surface area contributed by atoms with E-state index in [1.54, 1.807) is 6.07 Å². The normalized spacial score (nSPS) is 18.9. The van der Waals surface area contributed by atoms with Crippen LogP contribution in [0.15, 0.2) is 18.2 Å². The minimum Gasteiger partial charge on any atom is -0.508 e. The fraction of sp³-hybridized carbons (Fsp3) is 0.600. The molecule has 0 bridgehead atoms. The summed E-state index contributed by atoms with van der Waals surface area (Å²) in [6.07, 6.45) is 4.83. The summed E-state index contributed by atoms with van der Waals surface area (Å²) >= 11 is 0. The number of phenolic OH excluding ortho intramolecular Hbond substituents is 1. The molecule has 1 heterocycles. The first kappa shape index (κ1) is 13.9. The van der Waals surface area contributed by atoms with E-state index in [9.17, 15) is 5.11 Å². The fourth-order valence-corrected chi connectivity index (χ4v) is 1.95. The van der Waals surface area contributed by atoms with Gasteiger partial charge in [0.25, 0.3) is 0 Å². The van der Waals surface area contributed by atoms with E-state index < -0.39 is 0 Å². The summed E-state index contributed by atoms with van der Waals surface area (Å²) in [5.74, 6) is 1.15. The summed E-state index contributed by atoms with van der Waals surface area (Å²) in [4.78, 5) is 0. The Balaban J connectivity index is 0.000000437. The Morgan fingerprint density at radius 2 is 2.00 bits per heavy atom. The molecule has 2 heteroatoms. The van der Waals surface area contributed by atoms with Crippen LogP contribution in [0, 0.1) is 5.92 Å². The topological polar surface area (TPSA) is 32.3 Å². The van der Waals surface area contributed by atoms with Gasteiger partial charge < -0.3 is 10.4 Å². The Hall–Kier alpha value is -1.18. The maximum absolute atomic E-state index is 9.36. The van der Waals surface area contributed by atoms with Crippen LogP contribution in [0.3, 0.4) is 0 Å². The number of nitrogens with one attached hydrogen (secondary N) is 1. The fourth-order valence-electron chi connectivity index (χ4n) is 1.95. The van der Waals surface area contributed by atoms with Crippen molar-refractivity contribution in [3.8, 4) is 5.75 Å². The van der Waals surface area contributed by atoms with Crippen molar-refractivity contribution >= 4 is 5.69 Å². The van der Waals surface area contributed by atoms with Crippen LogP contribution in [0.5, 0.6) is 5.75 Å². The number of benzene rings is 1. The van der Waals surface area contributed by atoms with Gasteiger partial charge in [-0.05, 0) is 36.8 Å². The number of aryl methyl sites for hydroxylation is 1. The SMILES string of the molecule is CC1CCNc2cc(O)ccc2CC1.CCC. The number of hydrogen-bond acceptors (Lipinski definition) is 2. The van der Waals surface area contributed by atoms with Gasteiger partial charge in [-0.3, -0.25) is 0 Å². The van der Waals surface area contributed by atoms with Crippen LogP contribution in [-0.2, 0) is 6.42 Å². The third kappa shape index (κ3) is 4.68. The van der Waals surface area contributed by atoms with E-state index in [0.717, 1.165) is 24.6 Å². The first-order chi connectivity index (χ1) is 8.17. The smallest absolute Gasteiger partial charge is 0.117 e. The minimum absolute atomic E-state index is 0.352. The number of hydrogen-bond donors (Lipinski definition) is 2. The number of fused-ring (bicyclic) bond motifs is 1. The van der Waals surface area contributed by atoms with E-state index in [1.807, 2.05) is 12.1 Å². The monoisotopic (exact) mass is 235 g/mol. The van der Waals surface area contributed by atoms with Gasteiger partial charge in [-0.15, -0.1) is 0 Å². The molecule has 0 amide bonds. The third-order valence-electron chi connectivity index (χ3n) is 2.95. The molecule has 1 unspecified atom stereocenters. The molecular formula is C15H25NO. The van der Waals surface area contributed by atoms with Crippen molar-refractivity contribution < 1.29 is 5.11 Å². The van der Waals surface area contributed by atoms with Crippen LogP contribution in [0.25, 0.3) is 0 Å². The van der Waals surface area contributed by atoms with Crippen molar-refractivity contribution in [1.82, 2.24) is 0 Å². The molecule has 96 valence electrons. The molecule has 1 aromatic rings. The first-order valence-electron chi connectivity index (χ1n) is 6.73. The molecule has 1 aromatic carbocycles. The predicted octanol–water partition coefficient (Wildman–Crippen LogP) is 4.19. The highest BCUT2D eigenvalue weighted by atomic mass is 16.3. The lowest BCUT2D eigenvalue weighted by Crippen LogP contribution is -2.12. The Kier molecular flexibility index (Phi) is 5.88. The second kappa shape index (κ2) is 7.21. The highest BCUT2D eigenvalue weighted by Crippen LogP contribution is 2.26. The molecular weight excluding hydrogens is 210 g/mol. The molecule has 0 aromatic heterocycles. The zero-order chi connectivity index (χ0) is 12.7. The highest BCUT2D eigenvalue weighted by molar-refractivity contribution is 5.55. The molecule has 17 heavy (non-hydrogen) atoms. The summed E-state index contributed by atoms with van der Waals surface area (Å²) in [6, 6.07) is 5.62. The third-order valence-corrected chi connectivity index (χ3v) is 2.95. The molecule has 0 radical (unpaired) electrons. The Bertz CT molecular complexity index is 336. The van der Waals surface area contributed by atoms with Gasteiger partial charge in [0.2, 0.25) is 0 Å².